The molecule has 0 unspecified atom stereocenters. The molecule has 0 aromatic carbocycles. The van der Waals surface area contributed by atoms with Crippen molar-refractivity contribution in [2.24, 2.45) is 5.41 Å². The Hall–Kier alpha value is 0.280. The van der Waals surface area contributed by atoms with Crippen LogP contribution in [0.2, 0.25) is 0 Å². The SMILES string of the molecule is FC1CC2(C1)CC(S)C2. The maximum absolute atomic E-state index is 12.3. The number of alkyl halides is 1. The Morgan fingerprint density at radius 1 is 1.22 bits per heavy atom. The molecule has 2 rings (SSSR count). The predicted octanol–water partition coefficient (Wildman–Crippen LogP) is 2.20. The fraction of sp³-hybridized carbons (Fsp3) is 1.00. The molecule has 0 aromatic rings. The average molecular weight is 146 g/mol. The third-order valence-corrected chi connectivity index (χ3v) is 3.01. The summed E-state index contributed by atoms with van der Waals surface area (Å²) in [7, 11) is 0. The summed E-state index contributed by atoms with van der Waals surface area (Å²) in [6.45, 7) is 0. The minimum Gasteiger partial charge on any atom is -0.247 e. The third-order valence-electron chi connectivity index (χ3n) is 2.65. The summed E-state index contributed by atoms with van der Waals surface area (Å²) >= 11 is 4.29. The van der Waals surface area contributed by atoms with Crippen LogP contribution in [0.3, 0.4) is 0 Å². The van der Waals surface area contributed by atoms with Crippen molar-refractivity contribution in [3.63, 3.8) is 0 Å². The van der Waals surface area contributed by atoms with Crippen LogP contribution in [-0.4, -0.2) is 11.4 Å². The molecule has 0 nitrogen and oxygen atoms in total. The molecule has 52 valence electrons. The minimum atomic E-state index is -0.481. The van der Waals surface area contributed by atoms with Crippen LogP contribution in [0.15, 0.2) is 0 Å². The molecule has 0 heterocycles. The Morgan fingerprint density at radius 2 is 1.78 bits per heavy atom. The highest BCUT2D eigenvalue weighted by molar-refractivity contribution is 7.81. The first-order chi connectivity index (χ1) is 4.20. The van der Waals surface area contributed by atoms with Crippen molar-refractivity contribution in [3.05, 3.63) is 0 Å². The van der Waals surface area contributed by atoms with Gasteiger partial charge in [0, 0.05) is 5.25 Å². The zero-order valence-electron chi connectivity index (χ0n) is 5.31. The molecule has 9 heavy (non-hydrogen) atoms. The van der Waals surface area contributed by atoms with Crippen molar-refractivity contribution < 1.29 is 4.39 Å². The van der Waals surface area contributed by atoms with Crippen molar-refractivity contribution in [1.29, 1.82) is 0 Å². The van der Waals surface area contributed by atoms with E-state index in [1.165, 1.54) is 0 Å². The molecule has 2 fully saturated rings. The van der Waals surface area contributed by atoms with Gasteiger partial charge in [-0.2, -0.15) is 12.6 Å². The minimum absolute atomic E-state index is 0.436. The van der Waals surface area contributed by atoms with Crippen molar-refractivity contribution in [1.82, 2.24) is 0 Å². The van der Waals surface area contributed by atoms with E-state index in [0.29, 0.717) is 10.7 Å². The van der Waals surface area contributed by atoms with Gasteiger partial charge in [-0.3, -0.25) is 0 Å². The van der Waals surface area contributed by atoms with E-state index in [0.717, 1.165) is 25.7 Å². The molecule has 0 aliphatic heterocycles. The first-order valence-corrected chi connectivity index (χ1v) is 4.04. The third kappa shape index (κ3) is 0.794. The van der Waals surface area contributed by atoms with E-state index < -0.39 is 6.17 Å². The Labute approximate surface area is 60.2 Å². The van der Waals surface area contributed by atoms with E-state index in [9.17, 15) is 4.39 Å². The standard InChI is InChI=1S/C7H11FS/c8-5-1-7(2-5)3-6(9)4-7/h5-6,9H,1-4H2. The van der Waals surface area contributed by atoms with Gasteiger partial charge >= 0.3 is 0 Å². The lowest BCUT2D eigenvalue weighted by Crippen LogP contribution is -2.49. The topological polar surface area (TPSA) is 0 Å². The van der Waals surface area contributed by atoms with Gasteiger partial charge in [-0.25, -0.2) is 4.39 Å². The Bertz CT molecular complexity index is 103. The van der Waals surface area contributed by atoms with Gasteiger partial charge in [0.05, 0.1) is 0 Å². The Morgan fingerprint density at radius 3 is 2.11 bits per heavy atom. The number of halogens is 1. The highest BCUT2D eigenvalue weighted by Crippen LogP contribution is 2.58. The van der Waals surface area contributed by atoms with Gasteiger partial charge < -0.3 is 0 Å². The highest BCUT2D eigenvalue weighted by Gasteiger charge is 2.52. The van der Waals surface area contributed by atoms with E-state index in [1.807, 2.05) is 0 Å². The van der Waals surface area contributed by atoms with Gasteiger partial charge in [-0.1, -0.05) is 0 Å². The maximum Gasteiger partial charge on any atom is 0.101 e. The van der Waals surface area contributed by atoms with Crippen molar-refractivity contribution >= 4 is 12.6 Å². The van der Waals surface area contributed by atoms with Crippen LogP contribution in [0.25, 0.3) is 0 Å². The molecule has 2 aliphatic carbocycles. The van der Waals surface area contributed by atoms with E-state index in [2.05, 4.69) is 12.6 Å². The summed E-state index contributed by atoms with van der Waals surface area (Å²) in [5.41, 5.74) is 0.436. The van der Waals surface area contributed by atoms with Gasteiger partial charge in [0.2, 0.25) is 0 Å². The summed E-state index contributed by atoms with van der Waals surface area (Å²) in [6.07, 6.45) is 3.49. The second kappa shape index (κ2) is 1.66. The summed E-state index contributed by atoms with van der Waals surface area (Å²) in [5.74, 6) is 0. The molecule has 2 heteroatoms. The number of hydrogen-bond donors (Lipinski definition) is 1. The Kier molecular flexibility index (Phi) is 1.11. The maximum atomic E-state index is 12.3. The van der Waals surface area contributed by atoms with E-state index in [1.54, 1.807) is 0 Å². The molecule has 0 bridgehead atoms. The summed E-state index contributed by atoms with van der Waals surface area (Å²) in [6, 6.07) is 0. The predicted molar refractivity (Wildman–Crippen MR) is 38.6 cm³/mol. The fourth-order valence-corrected chi connectivity index (χ4v) is 2.93. The van der Waals surface area contributed by atoms with Gasteiger partial charge in [0.15, 0.2) is 0 Å². The van der Waals surface area contributed by atoms with Gasteiger partial charge in [-0.05, 0) is 31.1 Å². The van der Waals surface area contributed by atoms with Gasteiger partial charge in [0.25, 0.3) is 0 Å². The number of thiol groups is 1. The lowest BCUT2D eigenvalue weighted by molar-refractivity contribution is -0.0353. The summed E-state index contributed by atoms with van der Waals surface area (Å²) < 4.78 is 12.3. The van der Waals surface area contributed by atoms with Crippen LogP contribution < -0.4 is 0 Å². The molecule has 0 radical (unpaired) electrons. The zero-order chi connectivity index (χ0) is 6.48. The smallest absolute Gasteiger partial charge is 0.101 e. The van der Waals surface area contributed by atoms with Crippen LogP contribution in [0.4, 0.5) is 4.39 Å². The molecule has 0 atom stereocenters. The second-order valence-corrected chi connectivity index (χ2v) is 4.30. The lowest BCUT2D eigenvalue weighted by Gasteiger charge is -2.54. The monoisotopic (exact) mass is 146 g/mol. The summed E-state index contributed by atoms with van der Waals surface area (Å²) in [5, 5.41) is 0.581. The van der Waals surface area contributed by atoms with E-state index in [4.69, 9.17) is 0 Å². The van der Waals surface area contributed by atoms with E-state index in [-0.39, 0.29) is 0 Å². The molecule has 0 saturated heterocycles. The average Bonchev–Trinajstić information content (AvgIpc) is 1.58. The second-order valence-electron chi connectivity index (χ2n) is 3.57. The quantitative estimate of drug-likeness (QED) is 0.498. The lowest BCUT2D eigenvalue weighted by atomic mass is 9.55. The van der Waals surface area contributed by atoms with Crippen LogP contribution in [0.1, 0.15) is 25.7 Å². The molecule has 0 amide bonds. The van der Waals surface area contributed by atoms with Crippen molar-refractivity contribution in [3.8, 4) is 0 Å². The molecule has 0 N–H and O–H groups in total. The molecule has 2 aliphatic rings. The first-order valence-electron chi connectivity index (χ1n) is 3.52. The van der Waals surface area contributed by atoms with Crippen LogP contribution >= 0.6 is 12.6 Å². The van der Waals surface area contributed by atoms with Crippen LogP contribution in [-0.2, 0) is 0 Å². The highest BCUT2D eigenvalue weighted by atomic mass is 32.1. The van der Waals surface area contributed by atoms with Gasteiger partial charge in [0.1, 0.15) is 6.17 Å². The molecule has 2 saturated carbocycles. The van der Waals surface area contributed by atoms with Crippen molar-refractivity contribution in [2.75, 3.05) is 0 Å². The Balaban J connectivity index is 1.87. The summed E-state index contributed by atoms with van der Waals surface area (Å²) in [4.78, 5) is 0. The molecule has 0 aromatic heterocycles. The molecular formula is C7H11FS. The molecular weight excluding hydrogens is 135 g/mol. The number of rotatable bonds is 0. The number of hydrogen-bond acceptors (Lipinski definition) is 1. The fourth-order valence-electron chi connectivity index (χ4n) is 2.15. The van der Waals surface area contributed by atoms with Crippen LogP contribution in [0.5, 0.6) is 0 Å². The van der Waals surface area contributed by atoms with E-state index >= 15 is 0 Å². The normalized spacial score (nSPS) is 56.7. The first kappa shape index (κ1) is 6.02. The largest absolute Gasteiger partial charge is 0.247 e. The van der Waals surface area contributed by atoms with Crippen molar-refractivity contribution in [2.45, 2.75) is 37.1 Å². The molecule has 1 spiro atoms. The zero-order valence-corrected chi connectivity index (χ0v) is 6.20. The van der Waals surface area contributed by atoms with Crippen LogP contribution in [0, 0.1) is 5.41 Å². The van der Waals surface area contributed by atoms with Gasteiger partial charge in [-0.15, -0.1) is 0 Å².